The lowest BCUT2D eigenvalue weighted by Gasteiger charge is -2.27. The van der Waals surface area contributed by atoms with Gasteiger partial charge in [0.15, 0.2) is 0 Å². The minimum absolute atomic E-state index is 0.0270. The van der Waals surface area contributed by atoms with E-state index in [1.54, 1.807) is 0 Å². The highest BCUT2D eigenvalue weighted by Crippen LogP contribution is 2.09. The van der Waals surface area contributed by atoms with Crippen molar-refractivity contribution >= 4 is 23.2 Å². The van der Waals surface area contributed by atoms with Crippen molar-refractivity contribution in [3.8, 4) is 0 Å². The van der Waals surface area contributed by atoms with E-state index in [0.29, 0.717) is 25.0 Å². The van der Waals surface area contributed by atoms with Gasteiger partial charge >= 0.3 is 0 Å². The summed E-state index contributed by atoms with van der Waals surface area (Å²) in [6.45, 7) is 1.19. The molecule has 0 bridgehead atoms. The second-order valence-electron chi connectivity index (χ2n) is 2.23. The molecule has 0 aromatic rings. The van der Waals surface area contributed by atoms with E-state index in [0.717, 1.165) is 0 Å². The molecule has 4 heteroatoms. The zero-order valence-electron chi connectivity index (χ0n) is 5.56. The van der Waals surface area contributed by atoms with Crippen molar-refractivity contribution in [3.63, 3.8) is 0 Å². The molecule has 0 spiro atoms. The molecular weight excluding hydrogens is 175 g/mol. The molecule has 0 radical (unpaired) electrons. The molecule has 1 rings (SSSR count). The number of ether oxygens (including phenoxy) is 2. The summed E-state index contributed by atoms with van der Waals surface area (Å²) in [5.74, 6) is 0.959. The highest BCUT2D eigenvalue weighted by molar-refractivity contribution is 6.18. The number of rotatable bonds is 2. The van der Waals surface area contributed by atoms with Crippen LogP contribution in [0.3, 0.4) is 0 Å². The Balaban J connectivity index is 2.25. The Hall–Kier alpha value is 0.500. The van der Waals surface area contributed by atoms with Crippen molar-refractivity contribution in [2.45, 2.75) is 12.2 Å². The average molecular weight is 185 g/mol. The summed E-state index contributed by atoms with van der Waals surface area (Å²) in [5, 5.41) is 0. The van der Waals surface area contributed by atoms with Gasteiger partial charge < -0.3 is 9.47 Å². The molecule has 0 saturated carbocycles. The van der Waals surface area contributed by atoms with Gasteiger partial charge in [-0.05, 0) is 0 Å². The maximum Gasteiger partial charge on any atom is 0.0948 e. The molecule has 0 aromatic heterocycles. The second kappa shape index (κ2) is 4.39. The molecule has 1 fully saturated rings. The summed E-state index contributed by atoms with van der Waals surface area (Å²) < 4.78 is 10.6. The Morgan fingerprint density at radius 2 is 1.60 bits per heavy atom. The molecule has 0 unspecified atom stereocenters. The predicted molar refractivity (Wildman–Crippen MR) is 40.9 cm³/mol. The van der Waals surface area contributed by atoms with Crippen LogP contribution in [0.4, 0.5) is 0 Å². The van der Waals surface area contributed by atoms with Gasteiger partial charge in [-0.25, -0.2) is 0 Å². The van der Waals surface area contributed by atoms with Crippen molar-refractivity contribution in [1.82, 2.24) is 0 Å². The van der Waals surface area contributed by atoms with Gasteiger partial charge in [0, 0.05) is 0 Å². The largest absolute Gasteiger partial charge is 0.376 e. The van der Waals surface area contributed by atoms with Crippen molar-refractivity contribution in [2.24, 2.45) is 0 Å². The Morgan fingerprint density at radius 1 is 1.10 bits per heavy atom. The summed E-state index contributed by atoms with van der Waals surface area (Å²) in [6.07, 6.45) is 0.0540. The maximum absolute atomic E-state index is 5.55. The Kier molecular flexibility index (Phi) is 3.78. The zero-order chi connectivity index (χ0) is 7.40. The number of alkyl halides is 2. The van der Waals surface area contributed by atoms with E-state index in [2.05, 4.69) is 0 Å². The highest BCUT2D eigenvalue weighted by Gasteiger charge is 2.20. The fraction of sp³-hybridized carbons (Fsp3) is 1.00. The van der Waals surface area contributed by atoms with Crippen LogP contribution in [-0.4, -0.2) is 37.2 Å². The van der Waals surface area contributed by atoms with E-state index in [-0.39, 0.29) is 12.2 Å². The quantitative estimate of drug-likeness (QED) is 0.602. The van der Waals surface area contributed by atoms with Crippen LogP contribution in [0.15, 0.2) is 0 Å². The number of hydrogen-bond acceptors (Lipinski definition) is 2. The molecule has 0 aromatic carbocycles. The Labute approximate surface area is 70.4 Å². The fourth-order valence-corrected chi connectivity index (χ4v) is 1.17. The van der Waals surface area contributed by atoms with E-state index in [1.165, 1.54) is 0 Å². The van der Waals surface area contributed by atoms with Crippen LogP contribution < -0.4 is 0 Å². The third kappa shape index (κ3) is 2.27. The molecule has 0 N–H and O–H groups in total. The molecule has 1 aliphatic rings. The van der Waals surface area contributed by atoms with Gasteiger partial charge in [-0.2, -0.15) is 0 Å². The monoisotopic (exact) mass is 184 g/mol. The lowest BCUT2D eigenvalue weighted by Crippen LogP contribution is -2.38. The topological polar surface area (TPSA) is 18.5 Å². The van der Waals surface area contributed by atoms with Crippen LogP contribution in [-0.2, 0) is 9.47 Å². The van der Waals surface area contributed by atoms with Gasteiger partial charge in [0.2, 0.25) is 0 Å². The van der Waals surface area contributed by atoms with Crippen LogP contribution in [0.5, 0.6) is 0 Å². The van der Waals surface area contributed by atoms with Crippen molar-refractivity contribution in [2.75, 3.05) is 25.0 Å². The minimum Gasteiger partial charge on any atom is -0.376 e. The summed E-state index contributed by atoms with van der Waals surface area (Å²) in [5.41, 5.74) is 0. The van der Waals surface area contributed by atoms with Crippen LogP contribution in [0.25, 0.3) is 0 Å². The predicted octanol–water partition coefficient (Wildman–Crippen LogP) is 1.25. The van der Waals surface area contributed by atoms with E-state index < -0.39 is 0 Å². The first-order valence-corrected chi connectivity index (χ1v) is 4.29. The van der Waals surface area contributed by atoms with E-state index >= 15 is 0 Å². The van der Waals surface area contributed by atoms with Gasteiger partial charge in [0.1, 0.15) is 0 Å². The van der Waals surface area contributed by atoms with Gasteiger partial charge in [-0.3, -0.25) is 0 Å². The molecule has 10 heavy (non-hydrogen) atoms. The lowest BCUT2D eigenvalue weighted by molar-refractivity contribution is -0.120. The van der Waals surface area contributed by atoms with Gasteiger partial charge in [0.05, 0.1) is 37.2 Å². The smallest absolute Gasteiger partial charge is 0.0948 e. The minimum atomic E-state index is 0.0270. The summed E-state index contributed by atoms with van der Waals surface area (Å²) >= 11 is 11.1. The standard InChI is InChI=1S/C6H10Cl2O2/c7-1-5-3-9-4-6(2-8)10-5/h5-6H,1-4H2/t5-,6-/m0/s1. The van der Waals surface area contributed by atoms with Crippen LogP contribution in [0.2, 0.25) is 0 Å². The molecule has 2 atom stereocenters. The van der Waals surface area contributed by atoms with E-state index in [1.807, 2.05) is 0 Å². The first-order chi connectivity index (χ1) is 4.86. The average Bonchev–Trinajstić information content (AvgIpc) is 2.05. The van der Waals surface area contributed by atoms with E-state index in [9.17, 15) is 0 Å². The first-order valence-electron chi connectivity index (χ1n) is 3.22. The molecule has 0 aliphatic carbocycles. The number of halogens is 2. The van der Waals surface area contributed by atoms with Crippen LogP contribution in [0, 0.1) is 0 Å². The molecular formula is C6H10Cl2O2. The highest BCUT2D eigenvalue weighted by atomic mass is 35.5. The van der Waals surface area contributed by atoms with Crippen LogP contribution >= 0.6 is 23.2 Å². The molecule has 1 aliphatic heterocycles. The third-order valence-electron chi connectivity index (χ3n) is 1.34. The van der Waals surface area contributed by atoms with Crippen molar-refractivity contribution in [1.29, 1.82) is 0 Å². The zero-order valence-corrected chi connectivity index (χ0v) is 7.07. The Bertz CT molecular complexity index is 89.7. The van der Waals surface area contributed by atoms with Gasteiger partial charge in [-0.15, -0.1) is 23.2 Å². The molecule has 2 nitrogen and oxygen atoms in total. The van der Waals surface area contributed by atoms with Crippen LogP contribution in [0.1, 0.15) is 0 Å². The third-order valence-corrected chi connectivity index (χ3v) is 2.03. The Morgan fingerprint density at radius 3 is 2.00 bits per heavy atom. The molecule has 1 heterocycles. The summed E-state index contributed by atoms with van der Waals surface area (Å²) in [4.78, 5) is 0. The fourth-order valence-electron chi connectivity index (χ4n) is 0.843. The maximum atomic E-state index is 5.55. The van der Waals surface area contributed by atoms with Crippen molar-refractivity contribution < 1.29 is 9.47 Å². The normalized spacial score (nSPS) is 34.2. The molecule has 1 saturated heterocycles. The molecule has 60 valence electrons. The summed E-state index contributed by atoms with van der Waals surface area (Å²) in [6, 6.07) is 0. The SMILES string of the molecule is ClC[C@H]1COC[C@H](CCl)O1. The van der Waals surface area contributed by atoms with Gasteiger partial charge in [0.25, 0.3) is 0 Å². The number of hydrogen-bond donors (Lipinski definition) is 0. The van der Waals surface area contributed by atoms with E-state index in [4.69, 9.17) is 32.7 Å². The first kappa shape index (κ1) is 8.60. The lowest BCUT2D eigenvalue weighted by atomic mass is 10.3. The van der Waals surface area contributed by atoms with Crippen molar-refractivity contribution in [3.05, 3.63) is 0 Å². The molecule has 0 amide bonds. The van der Waals surface area contributed by atoms with Gasteiger partial charge in [-0.1, -0.05) is 0 Å². The second-order valence-corrected chi connectivity index (χ2v) is 2.84. The summed E-state index contributed by atoms with van der Waals surface area (Å²) in [7, 11) is 0.